The van der Waals surface area contributed by atoms with Gasteiger partial charge >= 0.3 is 0 Å². The smallest absolute Gasteiger partial charge is 0.121 e. The summed E-state index contributed by atoms with van der Waals surface area (Å²) in [7, 11) is 0. The monoisotopic (exact) mass is 680 g/mol. The number of nitrogen functional groups attached to an aromatic ring is 1. The number of nitrogens with one attached hydrogen (secondary N) is 1. The van der Waals surface area contributed by atoms with Crippen LogP contribution in [0.1, 0.15) is 16.7 Å². The molecule has 0 aliphatic carbocycles. The van der Waals surface area contributed by atoms with Crippen LogP contribution in [-0.4, -0.2) is 4.98 Å². The molecule has 0 atom stereocenters. The number of halogens is 2. The van der Waals surface area contributed by atoms with Gasteiger partial charge < -0.3 is 20.2 Å². The van der Waals surface area contributed by atoms with Crippen LogP contribution in [0.15, 0.2) is 137 Å². The van der Waals surface area contributed by atoms with Crippen LogP contribution in [0, 0.1) is 0 Å². The first kappa shape index (κ1) is 29.2. The molecule has 0 fully saturated rings. The largest absolute Gasteiger partial charge is 0.489 e. The van der Waals surface area contributed by atoms with Crippen LogP contribution in [0.5, 0.6) is 11.5 Å². The fourth-order valence-electron chi connectivity index (χ4n) is 4.34. The number of hydrogen-bond acceptors (Lipinski definition) is 3. The standard InChI is InChI=1S/C21H17NO.C15H13Br2NO/c1-3-7-16(8-4-1)15-23-19-12-11-18-13-20(22-21(18)14-19)17-9-5-2-6-10-17;16-15(17)8-12-6-7-13(9-14(12)18)19-10-11-4-2-1-3-5-11/h1-14,22H,15H2;1-9H,10,18H2. The number of aromatic nitrogens is 1. The van der Waals surface area contributed by atoms with Gasteiger partial charge in [-0.2, -0.15) is 0 Å². The Bertz CT molecular complexity index is 1750. The summed E-state index contributed by atoms with van der Waals surface area (Å²) in [5.74, 6) is 1.65. The molecule has 0 aliphatic rings. The van der Waals surface area contributed by atoms with Crippen molar-refractivity contribution >= 4 is 54.5 Å². The highest BCUT2D eigenvalue weighted by molar-refractivity contribution is 9.28. The predicted molar refractivity (Wildman–Crippen MR) is 182 cm³/mol. The van der Waals surface area contributed by atoms with Crippen LogP contribution >= 0.6 is 31.9 Å². The summed E-state index contributed by atoms with van der Waals surface area (Å²) in [5.41, 5.74) is 13.3. The van der Waals surface area contributed by atoms with E-state index in [1.54, 1.807) is 0 Å². The van der Waals surface area contributed by atoms with Gasteiger partial charge in [0.05, 0.1) is 3.39 Å². The highest BCUT2D eigenvalue weighted by Gasteiger charge is 2.05. The van der Waals surface area contributed by atoms with E-state index in [9.17, 15) is 0 Å². The molecule has 210 valence electrons. The number of hydrogen-bond donors (Lipinski definition) is 2. The molecule has 0 unspecified atom stereocenters. The molecule has 6 heteroatoms. The van der Waals surface area contributed by atoms with E-state index in [4.69, 9.17) is 15.2 Å². The lowest BCUT2D eigenvalue weighted by atomic mass is 10.1. The quantitative estimate of drug-likeness (QED) is 0.157. The van der Waals surface area contributed by atoms with Crippen LogP contribution < -0.4 is 15.2 Å². The van der Waals surface area contributed by atoms with Gasteiger partial charge in [-0.25, -0.2) is 0 Å². The normalized spacial score (nSPS) is 10.4. The molecule has 6 rings (SSSR count). The second-order valence-corrected chi connectivity index (χ2v) is 12.3. The summed E-state index contributed by atoms with van der Waals surface area (Å²) in [6.45, 7) is 1.12. The fraction of sp³-hybridized carbons (Fsp3) is 0.0556. The van der Waals surface area contributed by atoms with Crippen molar-refractivity contribution in [1.82, 2.24) is 4.98 Å². The van der Waals surface area contributed by atoms with Crippen LogP contribution in [0.25, 0.3) is 28.2 Å². The first-order chi connectivity index (χ1) is 20.5. The minimum absolute atomic E-state index is 0.539. The maximum atomic E-state index is 5.97. The highest BCUT2D eigenvalue weighted by atomic mass is 79.9. The number of H-pyrrole nitrogens is 1. The summed E-state index contributed by atoms with van der Waals surface area (Å²) in [6, 6.07) is 44.6. The summed E-state index contributed by atoms with van der Waals surface area (Å²) in [4.78, 5) is 3.47. The Morgan fingerprint density at radius 2 is 1.19 bits per heavy atom. The van der Waals surface area contributed by atoms with E-state index in [1.807, 2.05) is 84.9 Å². The topological polar surface area (TPSA) is 60.3 Å². The Kier molecular flexibility index (Phi) is 10.1. The number of anilines is 1. The third-order valence-electron chi connectivity index (χ3n) is 6.50. The molecule has 0 saturated heterocycles. The number of rotatable bonds is 8. The van der Waals surface area contributed by atoms with Gasteiger partial charge in [0.2, 0.25) is 0 Å². The van der Waals surface area contributed by atoms with Crippen LogP contribution in [0.3, 0.4) is 0 Å². The van der Waals surface area contributed by atoms with Gasteiger partial charge in [0.1, 0.15) is 24.7 Å². The first-order valence-electron chi connectivity index (χ1n) is 13.5. The van der Waals surface area contributed by atoms with Crippen molar-refractivity contribution in [2.24, 2.45) is 0 Å². The molecule has 3 N–H and O–H groups in total. The molecule has 0 spiro atoms. The zero-order chi connectivity index (χ0) is 29.1. The third-order valence-corrected chi connectivity index (χ3v) is 6.96. The van der Waals surface area contributed by atoms with Crippen molar-refractivity contribution in [3.63, 3.8) is 0 Å². The number of aromatic amines is 1. The van der Waals surface area contributed by atoms with Crippen molar-refractivity contribution in [1.29, 1.82) is 0 Å². The molecule has 1 heterocycles. The fourth-order valence-corrected chi connectivity index (χ4v) is 4.84. The molecule has 1 aromatic heterocycles. The second kappa shape index (κ2) is 14.6. The van der Waals surface area contributed by atoms with Crippen molar-refractivity contribution < 1.29 is 9.47 Å². The molecule has 0 radical (unpaired) electrons. The number of benzene rings is 5. The maximum Gasteiger partial charge on any atom is 0.121 e. The predicted octanol–water partition coefficient (Wildman–Crippen LogP) is 10.3. The Morgan fingerprint density at radius 3 is 1.76 bits per heavy atom. The highest BCUT2D eigenvalue weighted by Crippen LogP contribution is 2.28. The van der Waals surface area contributed by atoms with E-state index in [0.717, 1.165) is 37.2 Å². The van der Waals surface area contributed by atoms with Crippen molar-refractivity contribution in [3.8, 4) is 22.8 Å². The molecule has 6 aromatic rings. The molecule has 0 bridgehead atoms. The first-order valence-corrected chi connectivity index (χ1v) is 15.1. The van der Waals surface area contributed by atoms with Gasteiger partial charge in [0, 0.05) is 34.4 Å². The maximum absolute atomic E-state index is 5.97. The molecule has 0 saturated carbocycles. The van der Waals surface area contributed by atoms with Crippen molar-refractivity contribution in [3.05, 3.63) is 154 Å². The van der Waals surface area contributed by atoms with Gasteiger partial charge in [-0.05, 0) is 90.5 Å². The number of fused-ring (bicyclic) bond motifs is 1. The molecule has 42 heavy (non-hydrogen) atoms. The Balaban J connectivity index is 0.000000172. The minimum atomic E-state index is 0.539. The summed E-state index contributed by atoms with van der Waals surface area (Å²) >= 11 is 6.63. The molecule has 5 aromatic carbocycles. The van der Waals surface area contributed by atoms with Gasteiger partial charge in [-0.15, -0.1) is 0 Å². The summed E-state index contributed by atoms with van der Waals surface area (Å²) in [5, 5.41) is 1.19. The number of nitrogens with two attached hydrogens (primary N) is 1. The average Bonchev–Trinajstić information content (AvgIpc) is 3.46. The summed E-state index contributed by atoms with van der Waals surface area (Å²) < 4.78 is 12.5. The summed E-state index contributed by atoms with van der Waals surface area (Å²) in [6.07, 6.45) is 1.90. The van der Waals surface area contributed by atoms with Crippen LogP contribution in [-0.2, 0) is 13.2 Å². The van der Waals surface area contributed by atoms with Crippen LogP contribution in [0.4, 0.5) is 5.69 Å². The molecule has 4 nitrogen and oxygen atoms in total. The average molecular weight is 682 g/mol. The van der Waals surface area contributed by atoms with Crippen molar-refractivity contribution in [2.45, 2.75) is 13.2 Å². The van der Waals surface area contributed by atoms with Gasteiger partial charge in [-0.3, -0.25) is 0 Å². The molecular formula is C36H30Br2N2O2. The van der Waals surface area contributed by atoms with Gasteiger partial charge in [-0.1, -0.05) is 91.0 Å². The molecule has 0 aliphatic heterocycles. The Morgan fingerprint density at radius 1 is 0.643 bits per heavy atom. The molecule has 0 amide bonds. The lowest BCUT2D eigenvalue weighted by Gasteiger charge is -2.08. The van der Waals surface area contributed by atoms with Crippen molar-refractivity contribution in [2.75, 3.05) is 5.73 Å². The van der Waals surface area contributed by atoms with E-state index in [-0.39, 0.29) is 0 Å². The lowest BCUT2D eigenvalue weighted by molar-refractivity contribution is 0.306. The molecular weight excluding hydrogens is 652 g/mol. The van der Waals surface area contributed by atoms with Gasteiger partial charge in [0.25, 0.3) is 0 Å². The van der Waals surface area contributed by atoms with E-state index in [2.05, 4.69) is 91.4 Å². The third kappa shape index (κ3) is 8.38. The van der Waals surface area contributed by atoms with Gasteiger partial charge in [0.15, 0.2) is 0 Å². The number of ether oxygens (including phenoxy) is 2. The minimum Gasteiger partial charge on any atom is -0.489 e. The lowest BCUT2D eigenvalue weighted by Crippen LogP contribution is -1.97. The van der Waals surface area contributed by atoms with E-state index >= 15 is 0 Å². The SMILES string of the molecule is Nc1cc(OCc2ccccc2)ccc1C=C(Br)Br.c1ccc(COc2ccc3cc(-c4ccccc4)[nH]c3c2)cc1. The zero-order valence-electron chi connectivity index (χ0n) is 22.8. The second-order valence-electron chi connectivity index (χ2n) is 9.57. The Labute approximate surface area is 263 Å². The Hall–Kier alpha value is -4.26. The van der Waals surface area contributed by atoms with E-state index in [0.29, 0.717) is 18.9 Å². The zero-order valence-corrected chi connectivity index (χ0v) is 26.0. The van der Waals surface area contributed by atoms with E-state index < -0.39 is 0 Å². The van der Waals surface area contributed by atoms with Crippen LogP contribution in [0.2, 0.25) is 0 Å². The van der Waals surface area contributed by atoms with E-state index in [1.165, 1.54) is 16.5 Å².